The van der Waals surface area contributed by atoms with E-state index in [-0.39, 0.29) is 0 Å². The van der Waals surface area contributed by atoms with E-state index in [0.29, 0.717) is 18.1 Å². The van der Waals surface area contributed by atoms with Gasteiger partial charge in [-0.1, -0.05) is 33.3 Å². The van der Waals surface area contributed by atoms with Crippen molar-refractivity contribution in [2.75, 3.05) is 0 Å². The van der Waals surface area contributed by atoms with Gasteiger partial charge in [-0.2, -0.15) is 13.2 Å². The molecule has 1 aromatic carbocycles. The number of unbranched alkanes of at least 4 members (excludes halogenated alkanes) is 1. The maximum absolute atomic E-state index is 13.2. The van der Waals surface area contributed by atoms with Gasteiger partial charge in [-0.05, 0) is 30.5 Å². The van der Waals surface area contributed by atoms with Gasteiger partial charge in [-0.3, -0.25) is 0 Å². The maximum atomic E-state index is 13.2. The molecule has 4 heteroatoms. The first kappa shape index (κ1) is 15.9. The highest BCUT2D eigenvalue weighted by Crippen LogP contribution is 2.30. The van der Waals surface area contributed by atoms with Crippen LogP contribution in [-0.2, 0) is 12.6 Å². The van der Waals surface area contributed by atoms with Gasteiger partial charge in [0.25, 0.3) is 0 Å². The summed E-state index contributed by atoms with van der Waals surface area (Å²) >= 11 is 0. The van der Waals surface area contributed by atoms with Crippen molar-refractivity contribution in [3.8, 4) is 0 Å². The maximum Gasteiger partial charge on any atom is 0.416 e. The molecule has 17 heavy (non-hydrogen) atoms. The van der Waals surface area contributed by atoms with E-state index in [9.17, 15) is 17.6 Å². The molecule has 0 saturated carbocycles. The van der Waals surface area contributed by atoms with Gasteiger partial charge >= 0.3 is 6.18 Å². The van der Waals surface area contributed by atoms with Gasteiger partial charge in [0, 0.05) is 0 Å². The zero-order valence-corrected chi connectivity index (χ0v) is 10.4. The third-order valence-corrected chi connectivity index (χ3v) is 2.18. The first-order valence-corrected chi connectivity index (χ1v) is 5.80. The lowest BCUT2D eigenvalue weighted by Gasteiger charge is -2.08. The minimum absolute atomic E-state index is 0.352. The smallest absolute Gasteiger partial charge is 0.207 e. The van der Waals surface area contributed by atoms with Crippen LogP contribution in [0, 0.1) is 5.82 Å². The minimum Gasteiger partial charge on any atom is -0.207 e. The SMILES string of the molecule is CC.CCCCc1ccc(C(F)(F)F)cc1F. The number of hydrogen-bond acceptors (Lipinski definition) is 0. The van der Waals surface area contributed by atoms with Crippen LogP contribution >= 0.6 is 0 Å². The number of halogens is 4. The van der Waals surface area contributed by atoms with Crippen molar-refractivity contribution < 1.29 is 17.6 Å². The van der Waals surface area contributed by atoms with E-state index in [1.165, 1.54) is 6.07 Å². The average molecular weight is 250 g/mol. The number of hydrogen-bond donors (Lipinski definition) is 0. The summed E-state index contributed by atoms with van der Waals surface area (Å²) in [7, 11) is 0. The topological polar surface area (TPSA) is 0 Å². The second kappa shape index (κ2) is 7.30. The van der Waals surface area contributed by atoms with Crippen molar-refractivity contribution in [3.63, 3.8) is 0 Å². The van der Waals surface area contributed by atoms with Gasteiger partial charge in [0.1, 0.15) is 5.82 Å². The monoisotopic (exact) mass is 250 g/mol. The molecule has 0 N–H and O–H groups in total. The molecule has 0 aromatic heterocycles. The highest BCUT2D eigenvalue weighted by molar-refractivity contribution is 5.26. The largest absolute Gasteiger partial charge is 0.416 e. The van der Waals surface area contributed by atoms with Crippen LogP contribution in [0.15, 0.2) is 18.2 Å². The Balaban J connectivity index is 0.00000121. The third-order valence-electron chi connectivity index (χ3n) is 2.18. The fourth-order valence-electron chi connectivity index (χ4n) is 1.29. The highest BCUT2D eigenvalue weighted by Gasteiger charge is 2.30. The van der Waals surface area contributed by atoms with E-state index in [1.807, 2.05) is 20.8 Å². The van der Waals surface area contributed by atoms with Crippen LogP contribution < -0.4 is 0 Å². The second-order valence-electron chi connectivity index (χ2n) is 3.41. The molecule has 0 bridgehead atoms. The van der Waals surface area contributed by atoms with Crippen LogP contribution in [-0.4, -0.2) is 0 Å². The summed E-state index contributed by atoms with van der Waals surface area (Å²) in [6.07, 6.45) is -2.31. The number of aryl methyl sites for hydroxylation is 1. The Morgan fingerprint density at radius 1 is 1.12 bits per heavy atom. The molecule has 0 amide bonds. The molecule has 1 rings (SSSR count). The zero-order chi connectivity index (χ0) is 13.5. The van der Waals surface area contributed by atoms with Crippen LogP contribution in [0.4, 0.5) is 17.6 Å². The van der Waals surface area contributed by atoms with Crippen molar-refractivity contribution in [1.82, 2.24) is 0 Å². The van der Waals surface area contributed by atoms with E-state index in [1.54, 1.807) is 0 Å². The van der Waals surface area contributed by atoms with Gasteiger partial charge in [-0.15, -0.1) is 0 Å². The zero-order valence-electron chi connectivity index (χ0n) is 10.4. The molecule has 0 nitrogen and oxygen atoms in total. The lowest BCUT2D eigenvalue weighted by atomic mass is 10.1. The first-order valence-electron chi connectivity index (χ1n) is 5.80. The third kappa shape index (κ3) is 5.20. The molecule has 0 fully saturated rings. The predicted molar refractivity (Wildman–Crippen MR) is 61.4 cm³/mol. The molecule has 98 valence electrons. The van der Waals surface area contributed by atoms with Gasteiger partial charge in [0.2, 0.25) is 0 Å². The molecule has 0 saturated heterocycles. The summed E-state index contributed by atoms with van der Waals surface area (Å²) in [6, 6.07) is 2.70. The van der Waals surface area contributed by atoms with Gasteiger partial charge in [0.15, 0.2) is 0 Å². The molecular weight excluding hydrogens is 232 g/mol. The molecule has 0 heterocycles. The van der Waals surface area contributed by atoms with Crippen molar-refractivity contribution in [2.45, 2.75) is 46.2 Å². The normalized spacial score (nSPS) is 10.8. The average Bonchev–Trinajstić information content (AvgIpc) is 2.29. The van der Waals surface area contributed by atoms with E-state index >= 15 is 0 Å². The summed E-state index contributed by atoms with van der Waals surface area (Å²) in [4.78, 5) is 0. The van der Waals surface area contributed by atoms with Crippen molar-refractivity contribution in [3.05, 3.63) is 35.1 Å². The summed E-state index contributed by atoms with van der Waals surface area (Å²) in [5.74, 6) is -0.765. The van der Waals surface area contributed by atoms with Gasteiger partial charge in [0.05, 0.1) is 5.56 Å². The number of rotatable bonds is 3. The standard InChI is InChI=1S/C11H12F4.C2H6/c1-2-3-4-8-5-6-9(7-10(8)12)11(13,14)15;1-2/h5-7H,2-4H2,1H3;1-2H3. The summed E-state index contributed by atoms with van der Waals surface area (Å²) in [5, 5.41) is 0. The Morgan fingerprint density at radius 3 is 2.12 bits per heavy atom. The second-order valence-corrected chi connectivity index (χ2v) is 3.41. The van der Waals surface area contributed by atoms with Crippen molar-refractivity contribution in [1.29, 1.82) is 0 Å². The molecule has 0 unspecified atom stereocenters. The Kier molecular flexibility index (Phi) is 6.85. The predicted octanol–water partition coefficient (Wildman–Crippen LogP) is 5.21. The molecule has 0 radical (unpaired) electrons. The van der Waals surface area contributed by atoms with Crippen LogP contribution in [0.25, 0.3) is 0 Å². The molecule has 0 aliphatic carbocycles. The van der Waals surface area contributed by atoms with E-state index in [0.717, 1.165) is 18.9 Å². The minimum atomic E-state index is -4.47. The van der Waals surface area contributed by atoms with Crippen molar-refractivity contribution >= 4 is 0 Å². The van der Waals surface area contributed by atoms with Crippen LogP contribution in [0.3, 0.4) is 0 Å². The highest BCUT2D eigenvalue weighted by atomic mass is 19.4. The van der Waals surface area contributed by atoms with Crippen LogP contribution in [0.1, 0.15) is 44.7 Å². The van der Waals surface area contributed by atoms with Gasteiger partial charge < -0.3 is 0 Å². The molecule has 0 spiro atoms. The Bertz CT molecular complexity index is 329. The Hall–Kier alpha value is -1.06. The summed E-state index contributed by atoms with van der Waals surface area (Å²) in [5.41, 5.74) is -0.579. The van der Waals surface area contributed by atoms with Crippen LogP contribution in [0.2, 0.25) is 0 Å². The first-order chi connectivity index (χ1) is 7.95. The summed E-state index contributed by atoms with van der Waals surface area (Å²) in [6.45, 7) is 5.95. The van der Waals surface area contributed by atoms with Crippen molar-refractivity contribution in [2.24, 2.45) is 0 Å². The molecule has 0 atom stereocenters. The number of alkyl halides is 3. The van der Waals surface area contributed by atoms with E-state index in [2.05, 4.69) is 0 Å². The molecular formula is C13H18F4. The quantitative estimate of drug-likeness (QED) is 0.646. The molecule has 0 aliphatic heterocycles. The number of benzene rings is 1. The Morgan fingerprint density at radius 2 is 1.71 bits per heavy atom. The fourth-order valence-corrected chi connectivity index (χ4v) is 1.29. The van der Waals surface area contributed by atoms with Crippen LogP contribution in [0.5, 0.6) is 0 Å². The summed E-state index contributed by atoms with van der Waals surface area (Å²) < 4.78 is 49.8. The molecule has 1 aromatic rings. The lowest BCUT2D eigenvalue weighted by Crippen LogP contribution is -2.06. The molecule has 0 aliphatic rings. The van der Waals surface area contributed by atoms with E-state index < -0.39 is 17.6 Å². The van der Waals surface area contributed by atoms with Gasteiger partial charge in [-0.25, -0.2) is 4.39 Å². The van der Waals surface area contributed by atoms with E-state index in [4.69, 9.17) is 0 Å². The Labute approximate surface area is 99.7 Å². The lowest BCUT2D eigenvalue weighted by molar-refractivity contribution is -0.137. The fraction of sp³-hybridized carbons (Fsp3) is 0.538.